The molecular weight excluding hydrogens is 458 g/mol. The summed E-state index contributed by atoms with van der Waals surface area (Å²) in [4.78, 5) is 12.9. The number of aliphatic hydroxyl groups is 2. The van der Waals surface area contributed by atoms with Gasteiger partial charge < -0.3 is 20.3 Å². The Labute approximate surface area is 200 Å². The Morgan fingerprint density at radius 1 is 1.12 bits per heavy atom. The van der Waals surface area contributed by atoms with Crippen molar-refractivity contribution < 1.29 is 28.2 Å². The lowest BCUT2D eigenvalue weighted by Crippen LogP contribution is -2.50. The maximum Gasteiger partial charge on any atom is 0.277 e. The van der Waals surface area contributed by atoms with Crippen molar-refractivity contribution >= 4 is 16.1 Å². The zero-order valence-corrected chi connectivity index (χ0v) is 20.1. The fourth-order valence-electron chi connectivity index (χ4n) is 4.36. The predicted octanol–water partition coefficient (Wildman–Crippen LogP) is 1.08. The highest BCUT2D eigenvalue weighted by molar-refractivity contribution is 7.87. The van der Waals surface area contributed by atoms with Gasteiger partial charge in [0.05, 0.1) is 25.4 Å². The van der Waals surface area contributed by atoms with Crippen LogP contribution in [0.5, 0.6) is 5.75 Å². The van der Waals surface area contributed by atoms with Gasteiger partial charge >= 0.3 is 0 Å². The fraction of sp³-hybridized carbons (Fsp3) is 0.458. The van der Waals surface area contributed by atoms with Gasteiger partial charge in [-0.05, 0) is 43.4 Å². The molecular formula is C24H33N3O6S. The molecule has 0 bridgehead atoms. The number of hydrogen-bond donors (Lipinski definition) is 5. The van der Waals surface area contributed by atoms with Crippen LogP contribution in [-0.4, -0.2) is 63.5 Å². The number of para-hydroxylation sites is 1. The van der Waals surface area contributed by atoms with Gasteiger partial charge in [-0.3, -0.25) is 4.79 Å². The molecule has 0 spiro atoms. The quantitative estimate of drug-likeness (QED) is 0.319. The Hall–Kier alpha value is -2.50. The second kappa shape index (κ2) is 11.8. The van der Waals surface area contributed by atoms with Gasteiger partial charge in [-0.25, -0.2) is 0 Å². The maximum atomic E-state index is 12.9. The molecule has 186 valence electrons. The molecule has 2 aromatic carbocycles. The number of amides is 1. The molecule has 3 rings (SSSR count). The van der Waals surface area contributed by atoms with Crippen molar-refractivity contribution in [1.29, 1.82) is 0 Å². The van der Waals surface area contributed by atoms with Gasteiger partial charge in [0, 0.05) is 24.5 Å². The minimum absolute atomic E-state index is 0.220. The fourth-order valence-corrected chi connectivity index (χ4v) is 5.53. The second-order valence-electron chi connectivity index (χ2n) is 8.61. The molecule has 1 atom stereocenters. The normalized spacial score (nSPS) is 21.6. The van der Waals surface area contributed by atoms with Crippen LogP contribution in [0.3, 0.4) is 0 Å². The second-order valence-corrected chi connectivity index (χ2v) is 10.1. The number of methoxy groups -OCH3 is 1. The minimum atomic E-state index is -3.81. The number of aliphatic hydroxyl groups excluding tert-OH is 2. The summed E-state index contributed by atoms with van der Waals surface area (Å²) < 4.78 is 34.8. The third kappa shape index (κ3) is 6.77. The Balaban J connectivity index is 1.68. The van der Waals surface area contributed by atoms with Crippen molar-refractivity contribution in [3.8, 4) is 5.75 Å². The van der Waals surface area contributed by atoms with Crippen LogP contribution in [-0.2, 0) is 15.6 Å². The van der Waals surface area contributed by atoms with E-state index in [0.29, 0.717) is 43.5 Å². The van der Waals surface area contributed by atoms with Crippen molar-refractivity contribution in [2.24, 2.45) is 0 Å². The first-order valence-corrected chi connectivity index (χ1v) is 12.8. The topological polar surface area (TPSA) is 137 Å². The number of ether oxygens (including phenoxy) is 1. The van der Waals surface area contributed by atoms with E-state index in [1.54, 1.807) is 18.2 Å². The number of nitrogens with one attached hydrogen (secondary N) is 3. The molecule has 0 heterocycles. The summed E-state index contributed by atoms with van der Waals surface area (Å²) in [6, 6.07) is 16.7. The van der Waals surface area contributed by atoms with Crippen LogP contribution < -0.4 is 19.5 Å². The van der Waals surface area contributed by atoms with Crippen LogP contribution in [0.2, 0.25) is 0 Å². The lowest BCUT2D eigenvalue weighted by atomic mass is 9.68. The van der Waals surface area contributed by atoms with E-state index in [-0.39, 0.29) is 23.9 Å². The molecule has 0 aromatic heterocycles. The van der Waals surface area contributed by atoms with E-state index in [0.717, 1.165) is 5.56 Å². The van der Waals surface area contributed by atoms with Crippen LogP contribution in [0.1, 0.15) is 41.6 Å². The Kier molecular flexibility index (Phi) is 9.03. The molecule has 10 heteroatoms. The molecule has 5 N–H and O–H groups in total. The number of benzene rings is 2. The first-order chi connectivity index (χ1) is 16.3. The predicted molar refractivity (Wildman–Crippen MR) is 129 cm³/mol. The van der Waals surface area contributed by atoms with Crippen LogP contribution >= 0.6 is 0 Å². The highest BCUT2D eigenvalue weighted by Gasteiger charge is 2.38. The van der Waals surface area contributed by atoms with Crippen molar-refractivity contribution in [3.05, 3.63) is 65.7 Å². The first-order valence-electron chi connectivity index (χ1n) is 11.3. The molecule has 0 radical (unpaired) electrons. The maximum absolute atomic E-state index is 12.9. The Morgan fingerprint density at radius 2 is 1.76 bits per heavy atom. The average molecular weight is 492 g/mol. The van der Waals surface area contributed by atoms with E-state index >= 15 is 0 Å². The van der Waals surface area contributed by atoms with Crippen LogP contribution in [0.15, 0.2) is 54.6 Å². The lowest BCUT2D eigenvalue weighted by Gasteiger charge is -2.41. The standard InChI is InChI=1S/C24H33N3O6S/c1-33-22-10-6-5-9-21(22)23(30)25-17-24(18-7-3-2-4-8-18)13-11-19(12-14-24)27-34(31,32)26-15-20(29)16-28/h2-10,19-20,26-29H,11-17H2,1H3,(H,25,30)/t19-,20-,24-/m0/s1. The van der Waals surface area contributed by atoms with Gasteiger partial charge in [0.2, 0.25) is 0 Å². The van der Waals surface area contributed by atoms with Crippen LogP contribution in [0.25, 0.3) is 0 Å². The largest absolute Gasteiger partial charge is 0.496 e. The monoisotopic (exact) mass is 491 g/mol. The van der Waals surface area contributed by atoms with Crippen molar-refractivity contribution in [1.82, 2.24) is 14.8 Å². The molecule has 0 unspecified atom stereocenters. The van der Waals surface area contributed by atoms with Gasteiger partial charge in [-0.15, -0.1) is 0 Å². The van der Waals surface area contributed by atoms with Gasteiger partial charge in [-0.1, -0.05) is 42.5 Å². The highest BCUT2D eigenvalue weighted by Crippen LogP contribution is 2.39. The lowest BCUT2D eigenvalue weighted by molar-refractivity contribution is 0.0932. The van der Waals surface area contributed by atoms with Crippen molar-refractivity contribution in [2.45, 2.75) is 43.2 Å². The summed E-state index contributed by atoms with van der Waals surface area (Å²) in [5, 5.41) is 21.3. The van der Waals surface area contributed by atoms with E-state index < -0.39 is 22.9 Å². The summed E-state index contributed by atoms with van der Waals surface area (Å²) in [6.07, 6.45) is 1.37. The zero-order chi connectivity index (χ0) is 24.6. The van der Waals surface area contributed by atoms with Crippen LogP contribution in [0.4, 0.5) is 0 Å². The molecule has 34 heavy (non-hydrogen) atoms. The van der Waals surface area contributed by atoms with Crippen molar-refractivity contribution in [2.75, 3.05) is 26.8 Å². The Morgan fingerprint density at radius 3 is 2.41 bits per heavy atom. The number of rotatable bonds is 11. The van der Waals surface area contributed by atoms with E-state index in [9.17, 15) is 18.3 Å². The molecule has 1 saturated carbocycles. The number of hydrogen-bond acceptors (Lipinski definition) is 6. The molecule has 1 amide bonds. The van der Waals surface area contributed by atoms with Crippen LogP contribution in [0, 0.1) is 0 Å². The zero-order valence-electron chi connectivity index (χ0n) is 19.2. The molecule has 2 aromatic rings. The van der Waals surface area contributed by atoms with Gasteiger partial charge in [0.25, 0.3) is 16.1 Å². The van der Waals surface area contributed by atoms with E-state index in [1.165, 1.54) is 7.11 Å². The summed E-state index contributed by atoms with van der Waals surface area (Å²) >= 11 is 0. The minimum Gasteiger partial charge on any atom is -0.496 e. The summed E-state index contributed by atoms with van der Waals surface area (Å²) in [7, 11) is -2.29. The summed E-state index contributed by atoms with van der Waals surface area (Å²) in [5.41, 5.74) is 1.23. The first kappa shape index (κ1) is 26.1. The molecule has 0 aliphatic heterocycles. The van der Waals surface area contributed by atoms with E-state index in [4.69, 9.17) is 9.84 Å². The molecule has 1 aliphatic rings. The van der Waals surface area contributed by atoms with E-state index in [1.807, 2.05) is 36.4 Å². The molecule has 1 aliphatic carbocycles. The highest BCUT2D eigenvalue weighted by atomic mass is 32.2. The van der Waals surface area contributed by atoms with Crippen molar-refractivity contribution in [3.63, 3.8) is 0 Å². The third-order valence-corrected chi connectivity index (χ3v) is 7.50. The van der Waals surface area contributed by atoms with Gasteiger partial charge in [0.15, 0.2) is 0 Å². The Bertz CT molecular complexity index is 1040. The van der Waals surface area contributed by atoms with Gasteiger partial charge in [0.1, 0.15) is 5.75 Å². The number of carbonyl (C=O) groups is 1. The molecule has 0 saturated heterocycles. The third-order valence-electron chi connectivity index (χ3n) is 6.31. The average Bonchev–Trinajstić information content (AvgIpc) is 2.87. The summed E-state index contributed by atoms with van der Waals surface area (Å²) in [6.45, 7) is -0.373. The summed E-state index contributed by atoms with van der Waals surface area (Å²) in [5.74, 6) is 0.285. The number of carbonyl (C=O) groups excluding carboxylic acids is 1. The SMILES string of the molecule is COc1ccccc1C(=O)NC[C@]1(c2ccccc2)CC[C@H](NS(=O)(=O)NC[C@H](O)CO)CC1. The van der Waals surface area contributed by atoms with Gasteiger partial charge in [-0.2, -0.15) is 17.9 Å². The molecule has 1 fully saturated rings. The molecule has 9 nitrogen and oxygen atoms in total. The van der Waals surface area contributed by atoms with E-state index in [2.05, 4.69) is 14.8 Å². The smallest absolute Gasteiger partial charge is 0.277 e.